The lowest BCUT2D eigenvalue weighted by Crippen LogP contribution is -2.11. The molecule has 0 fully saturated rings. The number of rotatable bonds is 5. The predicted molar refractivity (Wildman–Crippen MR) is 85.2 cm³/mol. The molecule has 0 unspecified atom stereocenters. The van der Waals surface area contributed by atoms with E-state index in [9.17, 15) is 4.79 Å². The maximum absolute atomic E-state index is 11.9. The molecule has 5 nitrogen and oxygen atoms in total. The predicted octanol–water partition coefficient (Wildman–Crippen LogP) is 3.02. The Labute approximate surface area is 132 Å². The summed E-state index contributed by atoms with van der Waals surface area (Å²) in [5, 5.41) is 0. The number of carbonyl (C=O) groups excluding carboxylic acids is 1. The number of nitrogens with two attached hydrogens (primary N) is 1. The summed E-state index contributed by atoms with van der Waals surface area (Å²) in [5.74, 6) is 0.651. The fourth-order valence-electron chi connectivity index (χ4n) is 2.13. The summed E-state index contributed by atoms with van der Waals surface area (Å²) in [6, 6.07) is 7.95. The first-order valence-electron chi connectivity index (χ1n) is 6.83. The van der Waals surface area contributed by atoms with E-state index in [2.05, 4.69) is 20.9 Å². The highest BCUT2D eigenvalue weighted by Gasteiger charge is 2.20. The lowest BCUT2D eigenvalue weighted by Gasteiger charge is -2.09. The van der Waals surface area contributed by atoms with Gasteiger partial charge in [0.2, 0.25) is 0 Å². The fourth-order valence-corrected chi connectivity index (χ4v) is 2.57. The number of esters is 1. The zero-order valence-corrected chi connectivity index (χ0v) is 13.7. The Hall–Kier alpha value is -1.82. The molecule has 2 aromatic rings. The van der Waals surface area contributed by atoms with Gasteiger partial charge in [-0.05, 0) is 24.6 Å². The quantitative estimate of drug-likeness (QED) is 0.840. The molecule has 0 bridgehead atoms. The highest BCUT2D eigenvalue weighted by atomic mass is 79.9. The van der Waals surface area contributed by atoms with Gasteiger partial charge in [0, 0.05) is 10.9 Å². The van der Waals surface area contributed by atoms with Crippen molar-refractivity contribution in [1.82, 2.24) is 9.55 Å². The average molecular weight is 352 g/mol. The minimum atomic E-state index is -0.474. The molecule has 0 atom stereocenters. The van der Waals surface area contributed by atoms with E-state index >= 15 is 0 Å². The van der Waals surface area contributed by atoms with Gasteiger partial charge in [-0.15, -0.1) is 0 Å². The zero-order valence-electron chi connectivity index (χ0n) is 12.1. The Morgan fingerprint density at radius 3 is 2.81 bits per heavy atom. The van der Waals surface area contributed by atoms with Gasteiger partial charge in [0.15, 0.2) is 5.69 Å². The van der Waals surface area contributed by atoms with Crippen molar-refractivity contribution in [3.8, 4) is 0 Å². The molecule has 0 aliphatic heterocycles. The molecular formula is C15H18BrN3O2. The zero-order chi connectivity index (χ0) is 15.4. The van der Waals surface area contributed by atoms with Crippen LogP contribution in [0.3, 0.4) is 0 Å². The molecule has 2 rings (SSSR count). The molecule has 21 heavy (non-hydrogen) atoms. The second-order valence-corrected chi connectivity index (χ2v) is 5.47. The third-order valence-corrected chi connectivity index (χ3v) is 3.59. The van der Waals surface area contributed by atoms with Crippen LogP contribution in [0, 0.1) is 0 Å². The van der Waals surface area contributed by atoms with E-state index in [-0.39, 0.29) is 5.69 Å². The summed E-state index contributed by atoms with van der Waals surface area (Å²) in [5.41, 5.74) is 7.36. The molecule has 2 N–H and O–H groups in total. The Morgan fingerprint density at radius 1 is 1.43 bits per heavy atom. The van der Waals surface area contributed by atoms with E-state index in [1.165, 1.54) is 0 Å². The molecule has 112 valence electrons. The van der Waals surface area contributed by atoms with Gasteiger partial charge in [0.25, 0.3) is 0 Å². The van der Waals surface area contributed by atoms with Gasteiger partial charge in [-0.1, -0.05) is 35.0 Å². The van der Waals surface area contributed by atoms with Crippen LogP contribution in [0.5, 0.6) is 0 Å². The number of imidazole rings is 1. The van der Waals surface area contributed by atoms with Crippen molar-refractivity contribution in [2.75, 3.05) is 12.3 Å². The van der Waals surface area contributed by atoms with E-state index in [0.717, 1.165) is 15.9 Å². The van der Waals surface area contributed by atoms with Gasteiger partial charge in [0.1, 0.15) is 11.6 Å². The van der Waals surface area contributed by atoms with Crippen LogP contribution in [0.25, 0.3) is 0 Å². The first-order chi connectivity index (χ1) is 10.1. The lowest BCUT2D eigenvalue weighted by molar-refractivity contribution is 0.0521. The monoisotopic (exact) mass is 351 g/mol. The summed E-state index contributed by atoms with van der Waals surface area (Å²) < 4.78 is 7.85. The third-order valence-electron chi connectivity index (χ3n) is 3.10. The smallest absolute Gasteiger partial charge is 0.360 e. The van der Waals surface area contributed by atoms with Crippen LogP contribution < -0.4 is 5.73 Å². The second-order valence-electron chi connectivity index (χ2n) is 4.55. The van der Waals surface area contributed by atoms with E-state index < -0.39 is 5.97 Å². The van der Waals surface area contributed by atoms with Crippen molar-refractivity contribution in [3.05, 3.63) is 45.8 Å². The van der Waals surface area contributed by atoms with Crippen molar-refractivity contribution in [2.24, 2.45) is 0 Å². The maximum atomic E-state index is 11.9. The number of anilines is 1. The average Bonchev–Trinajstić information content (AvgIpc) is 2.76. The molecular weight excluding hydrogens is 334 g/mol. The Morgan fingerprint density at radius 2 is 2.19 bits per heavy atom. The Balaban J connectivity index is 2.36. The van der Waals surface area contributed by atoms with Gasteiger partial charge in [-0.3, -0.25) is 0 Å². The topological polar surface area (TPSA) is 70.1 Å². The number of benzene rings is 1. The van der Waals surface area contributed by atoms with Crippen molar-refractivity contribution in [2.45, 2.75) is 26.8 Å². The molecule has 6 heteroatoms. The third kappa shape index (κ3) is 3.44. The number of carbonyl (C=O) groups is 1. The minimum absolute atomic E-state index is 0.198. The van der Waals surface area contributed by atoms with E-state index in [0.29, 0.717) is 25.4 Å². The Bertz CT molecular complexity index is 652. The van der Waals surface area contributed by atoms with Crippen molar-refractivity contribution in [3.63, 3.8) is 0 Å². The van der Waals surface area contributed by atoms with E-state index in [4.69, 9.17) is 10.5 Å². The summed E-state index contributed by atoms with van der Waals surface area (Å²) in [6.07, 6.45) is 0.692. The first-order valence-corrected chi connectivity index (χ1v) is 7.62. The van der Waals surface area contributed by atoms with Crippen LogP contribution in [0.2, 0.25) is 0 Å². The summed E-state index contributed by atoms with van der Waals surface area (Å²) in [7, 11) is 0. The highest BCUT2D eigenvalue weighted by molar-refractivity contribution is 9.10. The van der Waals surface area contributed by atoms with Crippen LogP contribution in [0.15, 0.2) is 28.7 Å². The molecule has 0 aliphatic carbocycles. The number of aromatic nitrogens is 2. The van der Waals surface area contributed by atoms with Crippen molar-refractivity contribution >= 4 is 27.7 Å². The van der Waals surface area contributed by atoms with E-state index in [1.54, 1.807) is 6.92 Å². The number of hydrogen-bond acceptors (Lipinski definition) is 4. The lowest BCUT2D eigenvalue weighted by atomic mass is 10.2. The first kappa shape index (κ1) is 15.6. The number of nitrogen functional groups attached to an aromatic ring is 1. The van der Waals surface area contributed by atoms with Crippen molar-refractivity contribution < 1.29 is 9.53 Å². The fraction of sp³-hybridized carbons (Fsp3) is 0.333. The van der Waals surface area contributed by atoms with Gasteiger partial charge in [-0.2, -0.15) is 0 Å². The van der Waals surface area contributed by atoms with Crippen LogP contribution in [-0.2, 0) is 17.7 Å². The molecule has 1 aromatic carbocycles. The van der Waals surface area contributed by atoms with Crippen LogP contribution in [0.4, 0.5) is 5.82 Å². The molecule has 0 saturated carbocycles. The molecule has 0 spiro atoms. The molecule has 0 amide bonds. The Kier molecular flexibility index (Phi) is 5.01. The largest absolute Gasteiger partial charge is 0.461 e. The molecule has 1 heterocycles. The number of hydrogen-bond donors (Lipinski definition) is 1. The number of aryl methyl sites for hydroxylation is 1. The normalized spacial score (nSPS) is 10.6. The van der Waals surface area contributed by atoms with Gasteiger partial charge < -0.3 is 15.0 Å². The SMILES string of the molecule is CCOC(=O)c1nc(CC)n(Cc2cccc(Br)c2)c1N. The highest BCUT2D eigenvalue weighted by Crippen LogP contribution is 2.20. The number of halogens is 1. The summed E-state index contributed by atoms with van der Waals surface area (Å²) in [4.78, 5) is 16.2. The minimum Gasteiger partial charge on any atom is -0.461 e. The standard InChI is InChI=1S/C15H18BrN3O2/c1-3-12-18-13(15(20)21-4-2)14(17)19(12)9-10-6-5-7-11(16)8-10/h5-8H,3-4,9,17H2,1-2H3. The van der Waals surface area contributed by atoms with Crippen LogP contribution in [0.1, 0.15) is 35.7 Å². The summed E-state index contributed by atoms with van der Waals surface area (Å²) in [6.45, 7) is 4.61. The molecule has 0 aliphatic rings. The van der Waals surface area contributed by atoms with Gasteiger partial charge in [0.05, 0.1) is 13.2 Å². The number of nitrogens with zero attached hydrogens (tertiary/aromatic N) is 2. The molecule has 0 radical (unpaired) electrons. The van der Waals surface area contributed by atoms with Crippen LogP contribution in [-0.4, -0.2) is 22.1 Å². The number of ether oxygens (including phenoxy) is 1. The van der Waals surface area contributed by atoms with E-state index in [1.807, 2.05) is 35.8 Å². The van der Waals surface area contributed by atoms with Gasteiger partial charge in [-0.25, -0.2) is 9.78 Å². The van der Waals surface area contributed by atoms with Crippen molar-refractivity contribution in [1.29, 1.82) is 0 Å². The molecule has 1 aromatic heterocycles. The van der Waals surface area contributed by atoms with Gasteiger partial charge >= 0.3 is 5.97 Å². The molecule has 0 saturated heterocycles. The van der Waals surface area contributed by atoms with Crippen LogP contribution >= 0.6 is 15.9 Å². The second kappa shape index (κ2) is 6.76. The maximum Gasteiger partial charge on any atom is 0.360 e. The summed E-state index contributed by atoms with van der Waals surface area (Å²) >= 11 is 3.45.